The Hall–Kier alpha value is 0.440. The summed E-state index contributed by atoms with van der Waals surface area (Å²) in [5.41, 5.74) is 0. The zero-order valence-corrected chi connectivity index (χ0v) is 25.2. The molecular weight excluding hydrogens is 500 g/mol. The predicted octanol–water partition coefficient (Wildman–Crippen LogP) is 13.9. The van der Waals surface area contributed by atoms with Gasteiger partial charge >= 0.3 is 33.0 Å². The van der Waals surface area contributed by atoms with Gasteiger partial charge < -0.3 is 0 Å². The zero-order chi connectivity index (χ0) is 27.2. The molecule has 0 saturated carbocycles. The first-order valence-electron chi connectivity index (χ1n) is 14.6. The van der Waals surface area contributed by atoms with E-state index >= 15 is 0 Å². The van der Waals surface area contributed by atoms with Gasteiger partial charge in [-0.15, -0.1) is 0 Å². The van der Waals surface area contributed by atoms with E-state index in [2.05, 4.69) is 27.7 Å². The Morgan fingerprint density at radius 2 is 0.571 bits per heavy atom. The van der Waals surface area contributed by atoms with Crippen LogP contribution < -0.4 is 0 Å². The summed E-state index contributed by atoms with van der Waals surface area (Å²) in [6, 6.07) is 0. The molecule has 0 aliphatic heterocycles. The van der Waals surface area contributed by atoms with Gasteiger partial charge in [0.05, 0.1) is 24.6 Å². The molecule has 0 atom stereocenters. The monoisotopic (exact) mass is 558 g/mol. The van der Waals surface area contributed by atoms with Gasteiger partial charge in [-0.25, -0.2) is 0 Å². The molecule has 8 heteroatoms. The number of hydrogen-bond acceptors (Lipinski definition) is 0. The van der Waals surface area contributed by atoms with E-state index in [1.807, 2.05) is 0 Å². The van der Waals surface area contributed by atoms with E-state index < -0.39 is 15.1 Å². The van der Waals surface area contributed by atoms with E-state index in [0.29, 0.717) is 0 Å². The van der Waals surface area contributed by atoms with E-state index in [9.17, 15) is 25.2 Å². The Morgan fingerprint density at radius 1 is 0.343 bits per heavy atom. The molecule has 218 valence electrons. The first-order chi connectivity index (χ1) is 16.2. The normalized spacial score (nSPS) is 14.2. The Labute approximate surface area is 214 Å². The first-order valence-corrected chi connectivity index (χ1v) is 19.2. The van der Waals surface area contributed by atoms with Gasteiger partial charge in [-0.3, -0.25) is 0 Å². The summed E-state index contributed by atoms with van der Waals surface area (Å²) in [7, 11) is -11.2. The van der Waals surface area contributed by atoms with Crippen LogP contribution in [-0.2, 0) is 0 Å². The second-order valence-corrected chi connectivity index (χ2v) is 16.9. The maximum atomic E-state index is 9.87. The molecule has 0 saturated heterocycles. The van der Waals surface area contributed by atoms with Crippen LogP contribution in [0.25, 0.3) is 0 Å². The summed E-state index contributed by atoms with van der Waals surface area (Å²) in [5.74, 6) is 0. The minimum absolute atomic E-state index is 0.584. The third-order valence-electron chi connectivity index (χ3n) is 6.58. The molecule has 0 radical (unpaired) electrons. The maximum absolute atomic E-state index is 10.7. The van der Waals surface area contributed by atoms with Gasteiger partial charge in [-0.1, -0.05) is 118 Å². The fraction of sp³-hybridized carbons (Fsp3) is 1.00. The van der Waals surface area contributed by atoms with Crippen molar-refractivity contribution in [2.75, 3.05) is 24.6 Å². The Balaban J connectivity index is 0. The van der Waals surface area contributed by atoms with Crippen LogP contribution in [0.5, 0.6) is 0 Å². The number of rotatable bonds is 23. The molecule has 0 aromatic carbocycles. The van der Waals surface area contributed by atoms with Crippen LogP contribution in [0.1, 0.15) is 150 Å². The van der Waals surface area contributed by atoms with Crippen molar-refractivity contribution in [3.63, 3.8) is 0 Å². The summed E-state index contributed by atoms with van der Waals surface area (Å²) >= 11 is 0. The Bertz CT molecular complexity index is 436. The standard InChI is InChI=1S/C27H58P.F6P/c1-5-9-10-11-12-13-14-15-16-17-18-19-20-21-22-23-27-28(24-6-2,25-7-3)26-8-4;1-7(2,3,4,5)6/h5-27H2,1-4H3;/q+1;-1. The molecule has 0 aliphatic rings. The molecule has 0 N–H and O–H groups in total. The second-order valence-electron chi connectivity index (χ2n) is 10.5. The molecule has 0 spiro atoms. The molecule has 0 aromatic rings. The molecule has 0 unspecified atom stereocenters. The van der Waals surface area contributed by atoms with Crippen LogP contribution >= 0.6 is 15.1 Å². The van der Waals surface area contributed by atoms with Crippen LogP contribution in [0.15, 0.2) is 0 Å². The number of unbranched alkanes of at least 4 members (excludes halogenated alkanes) is 15. The molecule has 0 rings (SSSR count). The van der Waals surface area contributed by atoms with Crippen LogP contribution in [0, 0.1) is 0 Å². The molecule has 0 nitrogen and oxygen atoms in total. The number of halogens is 6. The molecular formula is C27H58F6P2. The first kappa shape index (κ1) is 37.6. The van der Waals surface area contributed by atoms with E-state index in [0.717, 1.165) is 0 Å². The van der Waals surface area contributed by atoms with Gasteiger partial charge in [0.2, 0.25) is 0 Å². The second kappa shape index (κ2) is 19.5. The Kier molecular flexibility index (Phi) is 20.9. The van der Waals surface area contributed by atoms with Gasteiger partial charge in [0.15, 0.2) is 0 Å². The van der Waals surface area contributed by atoms with Crippen LogP contribution in [-0.4, -0.2) is 24.6 Å². The molecule has 0 bridgehead atoms. The summed E-state index contributed by atoms with van der Waals surface area (Å²) in [4.78, 5) is 0. The van der Waals surface area contributed by atoms with E-state index in [-0.39, 0.29) is 0 Å². The van der Waals surface area contributed by atoms with Crippen LogP contribution in [0.3, 0.4) is 0 Å². The van der Waals surface area contributed by atoms with E-state index in [1.54, 1.807) is 24.6 Å². The van der Waals surface area contributed by atoms with Gasteiger partial charge in [0.25, 0.3) is 0 Å². The van der Waals surface area contributed by atoms with Crippen molar-refractivity contribution in [3.8, 4) is 0 Å². The summed E-state index contributed by atoms with van der Waals surface area (Å²) in [5, 5.41) is 0. The third-order valence-corrected chi connectivity index (χ3v) is 12.0. The fourth-order valence-electron chi connectivity index (χ4n) is 5.09. The van der Waals surface area contributed by atoms with Gasteiger partial charge in [-0.05, 0) is 32.1 Å². The Morgan fingerprint density at radius 3 is 0.800 bits per heavy atom. The van der Waals surface area contributed by atoms with Crippen LogP contribution in [0.2, 0.25) is 0 Å². The third kappa shape index (κ3) is 36.7. The number of hydrogen-bond donors (Lipinski definition) is 0. The zero-order valence-electron chi connectivity index (χ0n) is 23.4. The molecule has 0 aromatic heterocycles. The fourth-order valence-corrected chi connectivity index (χ4v) is 10.2. The van der Waals surface area contributed by atoms with E-state index in [4.69, 9.17) is 0 Å². The molecule has 0 amide bonds. The summed E-state index contributed by atoms with van der Waals surface area (Å²) in [6.45, 7) is 9.54. The topological polar surface area (TPSA) is 0 Å². The van der Waals surface area contributed by atoms with Gasteiger partial charge in [0.1, 0.15) is 0 Å². The van der Waals surface area contributed by atoms with Crippen molar-refractivity contribution < 1.29 is 25.2 Å². The average molecular weight is 559 g/mol. The van der Waals surface area contributed by atoms with Crippen molar-refractivity contribution >= 4 is 15.1 Å². The molecule has 0 heterocycles. The van der Waals surface area contributed by atoms with Crippen LogP contribution in [0.4, 0.5) is 25.2 Å². The van der Waals surface area contributed by atoms with Crippen molar-refractivity contribution in [2.24, 2.45) is 0 Å². The average Bonchev–Trinajstić information content (AvgIpc) is 2.72. The molecule has 35 heavy (non-hydrogen) atoms. The summed E-state index contributed by atoms with van der Waals surface area (Å²) < 4.78 is 59.2. The van der Waals surface area contributed by atoms with Crippen molar-refractivity contribution in [1.29, 1.82) is 0 Å². The van der Waals surface area contributed by atoms with Gasteiger partial charge in [0, 0.05) is 7.26 Å². The molecule has 0 fully saturated rings. The predicted molar refractivity (Wildman–Crippen MR) is 150 cm³/mol. The van der Waals surface area contributed by atoms with E-state index in [1.165, 1.54) is 122 Å². The van der Waals surface area contributed by atoms with Crippen molar-refractivity contribution in [2.45, 2.75) is 150 Å². The van der Waals surface area contributed by atoms with Crippen molar-refractivity contribution in [3.05, 3.63) is 0 Å². The quantitative estimate of drug-likeness (QED) is 0.0665. The molecule has 0 aliphatic carbocycles. The van der Waals surface area contributed by atoms with Gasteiger partial charge in [-0.2, -0.15) is 0 Å². The summed E-state index contributed by atoms with van der Waals surface area (Å²) in [6.07, 6.45) is 34.4. The minimum atomic E-state index is -10.7. The SMILES string of the molecule is CCCCCCCCCCCCCCCCCC[P+](CCC)(CCC)CCC.F[P-](F)(F)(F)(F)F. The van der Waals surface area contributed by atoms with Crippen molar-refractivity contribution in [1.82, 2.24) is 0 Å².